The van der Waals surface area contributed by atoms with Crippen molar-refractivity contribution in [3.05, 3.63) is 89.5 Å². The van der Waals surface area contributed by atoms with Gasteiger partial charge in [0.15, 0.2) is 0 Å². The molecule has 0 aromatic heterocycles. The van der Waals surface area contributed by atoms with E-state index in [0.717, 1.165) is 42.9 Å². The molecule has 0 amide bonds. The number of benzene rings is 2. The van der Waals surface area contributed by atoms with Crippen molar-refractivity contribution < 1.29 is 5.11 Å². The molecule has 2 aromatic carbocycles. The first kappa shape index (κ1) is 25.2. The minimum absolute atomic E-state index is 0.105. The Hall–Kier alpha value is -2.12. The van der Waals surface area contributed by atoms with Crippen LogP contribution in [0.4, 0.5) is 0 Å². The molecule has 3 fully saturated rings. The molecule has 3 saturated carbocycles. The number of aliphatic hydroxyl groups excluding tert-OH is 1. The molecular formula is C36H46O. The predicted molar refractivity (Wildman–Crippen MR) is 155 cm³/mol. The van der Waals surface area contributed by atoms with Gasteiger partial charge in [-0.1, -0.05) is 99.2 Å². The van der Waals surface area contributed by atoms with Crippen LogP contribution in [-0.2, 0) is 0 Å². The van der Waals surface area contributed by atoms with E-state index in [1.165, 1.54) is 55.2 Å². The highest BCUT2D eigenvalue weighted by Gasteiger charge is 2.59. The van der Waals surface area contributed by atoms with Crippen molar-refractivity contribution in [1.82, 2.24) is 0 Å². The van der Waals surface area contributed by atoms with Crippen molar-refractivity contribution in [2.24, 2.45) is 40.4 Å². The third-order valence-corrected chi connectivity index (χ3v) is 11.7. The summed E-state index contributed by atoms with van der Waals surface area (Å²) in [7, 11) is 0. The van der Waals surface area contributed by atoms with Gasteiger partial charge in [0.05, 0.1) is 6.10 Å². The van der Waals surface area contributed by atoms with E-state index in [2.05, 4.69) is 93.6 Å². The minimum Gasteiger partial charge on any atom is -0.393 e. The summed E-state index contributed by atoms with van der Waals surface area (Å²) < 4.78 is 0. The van der Waals surface area contributed by atoms with E-state index in [1.54, 1.807) is 5.57 Å². The standard InChI is InChI=1S/C36H46O/c1-25(14-16-30(26-10-6-4-7-11-26)27-12-8-5-9-13-27)32-18-19-33-31-17-15-28-24-29(37)20-22-35(28,2)34(31)21-23-36(32,33)3/h4-13,15-16,25,29,31-34,37H,14,17-24H2,1-3H3/t25?,29?,31?,32?,33?,34?,35-,36+/m0/s1. The van der Waals surface area contributed by atoms with Gasteiger partial charge >= 0.3 is 0 Å². The maximum Gasteiger partial charge on any atom is 0.0577 e. The van der Waals surface area contributed by atoms with Gasteiger partial charge in [-0.15, -0.1) is 0 Å². The molecular weight excluding hydrogens is 448 g/mol. The van der Waals surface area contributed by atoms with E-state index in [1.807, 2.05) is 0 Å². The Morgan fingerprint density at radius 1 is 0.892 bits per heavy atom. The van der Waals surface area contributed by atoms with Gasteiger partial charge in [0.25, 0.3) is 0 Å². The lowest BCUT2D eigenvalue weighted by molar-refractivity contribution is -0.0565. The molecule has 6 rings (SSSR count). The van der Waals surface area contributed by atoms with Gasteiger partial charge in [0.2, 0.25) is 0 Å². The molecule has 0 bridgehead atoms. The molecule has 4 aliphatic rings. The zero-order valence-corrected chi connectivity index (χ0v) is 23.2. The van der Waals surface area contributed by atoms with Crippen molar-refractivity contribution in [3.8, 4) is 0 Å². The summed E-state index contributed by atoms with van der Waals surface area (Å²) in [6.45, 7) is 7.77. The highest BCUT2D eigenvalue weighted by molar-refractivity contribution is 5.79. The summed E-state index contributed by atoms with van der Waals surface area (Å²) in [4.78, 5) is 0. The van der Waals surface area contributed by atoms with Gasteiger partial charge in [0, 0.05) is 0 Å². The lowest BCUT2D eigenvalue weighted by Gasteiger charge is -2.58. The fourth-order valence-corrected chi connectivity index (χ4v) is 9.72. The first-order valence-corrected chi connectivity index (χ1v) is 15.1. The average molecular weight is 495 g/mol. The quantitative estimate of drug-likeness (QED) is 0.411. The Morgan fingerprint density at radius 3 is 2.24 bits per heavy atom. The summed E-state index contributed by atoms with van der Waals surface area (Å²) in [5.41, 5.74) is 6.45. The van der Waals surface area contributed by atoms with Crippen molar-refractivity contribution >= 4 is 5.57 Å². The van der Waals surface area contributed by atoms with Crippen molar-refractivity contribution in [2.45, 2.75) is 84.7 Å². The first-order chi connectivity index (χ1) is 17.9. The number of rotatable bonds is 5. The summed E-state index contributed by atoms with van der Waals surface area (Å²) in [6, 6.07) is 21.9. The van der Waals surface area contributed by atoms with Gasteiger partial charge in [-0.25, -0.2) is 0 Å². The molecule has 37 heavy (non-hydrogen) atoms. The predicted octanol–water partition coefficient (Wildman–Crippen LogP) is 9.08. The monoisotopic (exact) mass is 494 g/mol. The van der Waals surface area contributed by atoms with Gasteiger partial charge in [-0.2, -0.15) is 0 Å². The second kappa shape index (κ2) is 9.88. The number of fused-ring (bicyclic) bond motifs is 5. The molecule has 1 N–H and O–H groups in total. The molecule has 0 spiro atoms. The third-order valence-electron chi connectivity index (χ3n) is 11.7. The molecule has 0 heterocycles. The van der Waals surface area contributed by atoms with E-state index in [9.17, 15) is 5.11 Å². The summed E-state index contributed by atoms with van der Waals surface area (Å²) >= 11 is 0. The topological polar surface area (TPSA) is 20.2 Å². The molecule has 1 nitrogen and oxygen atoms in total. The molecule has 196 valence electrons. The van der Waals surface area contributed by atoms with Crippen LogP contribution in [0.25, 0.3) is 5.57 Å². The van der Waals surface area contributed by atoms with Crippen LogP contribution >= 0.6 is 0 Å². The van der Waals surface area contributed by atoms with Crippen LogP contribution in [-0.4, -0.2) is 11.2 Å². The lowest BCUT2D eigenvalue weighted by atomic mass is 9.47. The van der Waals surface area contributed by atoms with Crippen molar-refractivity contribution in [3.63, 3.8) is 0 Å². The van der Waals surface area contributed by atoms with E-state index < -0.39 is 0 Å². The summed E-state index contributed by atoms with van der Waals surface area (Å²) in [6.07, 6.45) is 16.2. The Bertz CT molecular complexity index is 1100. The van der Waals surface area contributed by atoms with Crippen LogP contribution < -0.4 is 0 Å². The molecule has 0 aliphatic heterocycles. The smallest absolute Gasteiger partial charge is 0.0577 e. The maximum absolute atomic E-state index is 10.3. The van der Waals surface area contributed by atoms with Crippen LogP contribution in [0.1, 0.15) is 89.7 Å². The van der Waals surface area contributed by atoms with Crippen LogP contribution in [0.15, 0.2) is 78.4 Å². The van der Waals surface area contributed by atoms with Gasteiger partial charge in [0.1, 0.15) is 0 Å². The molecule has 0 saturated heterocycles. The average Bonchev–Trinajstić information content (AvgIpc) is 3.28. The highest BCUT2D eigenvalue weighted by atomic mass is 16.3. The first-order valence-electron chi connectivity index (χ1n) is 15.1. The van der Waals surface area contributed by atoms with E-state index in [-0.39, 0.29) is 6.10 Å². The highest BCUT2D eigenvalue weighted by Crippen LogP contribution is 2.67. The molecule has 6 unspecified atom stereocenters. The molecule has 4 aliphatic carbocycles. The Labute approximate surface area is 225 Å². The molecule has 2 aromatic rings. The summed E-state index contributed by atoms with van der Waals surface area (Å²) in [5, 5.41) is 10.3. The van der Waals surface area contributed by atoms with Gasteiger partial charge in [-0.3, -0.25) is 0 Å². The number of hydrogen-bond acceptors (Lipinski definition) is 1. The van der Waals surface area contributed by atoms with Crippen LogP contribution in [0, 0.1) is 40.4 Å². The molecule has 1 heteroatoms. The van der Waals surface area contributed by atoms with Crippen molar-refractivity contribution in [1.29, 1.82) is 0 Å². The third kappa shape index (κ3) is 4.36. The fraction of sp³-hybridized carbons (Fsp3) is 0.556. The van der Waals surface area contributed by atoms with E-state index in [4.69, 9.17) is 0 Å². The SMILES string of the molecule is CC(CC=C(c1ccccc1)c1ccccc1)C1CCC2C3CC=C4CC(O)CC[C@]4(C)C3CC[C@]12C. The molecule has 8 atom stereocenters. The zero-order valence-electron chi connectivity index (χ0n) is 23.2. The second-order valence-electron chi connectivity index (χ2n) is 13.4. The van der Waals surface area contributed by atoms with Crippen molar-refractivity contribution in [2.75, 3.05) is 0 Å². The lowest BCUT2D eigenvalue weighted by Crippen LogP contribution is -2.50. The molecule has 0 radical (unpaired) electrons. The summed E-state index contributed by atoms with van der Waals surface area (Å²) in [5.74, 6) is 4.05. The van der Waals surface area contributed by atoms with Crippen LogP contribution in [0.5, 0.6) is 0 Å². The van der Waals surface area contributed by atoms with Crippen LogP contribution in [0.2, 0.25) is 0 Å². The Morgan fingerprint density at radius 2 is 1.57 bits per heavy atom. The van der Waals surface area contributed by atoms with Gasteiger partial charge < -0.3 is 5.11 Å². The fourth-order valence-electron chi connectivity index (χ4n) is 9.72. The normalized spacial score (nSPS) is 37.5. The number of aliphatic hydroxyl groups is 1. The minimum atomic E-state index is -0.105. The Kier molecular flexibility index (Phi) is 6.72. The number of allylic oxidation sites excluding steroid dienone is 2. The Balaban J connectivity index is 1.22. The largest absolute Gasteiger partial charge is 0.393 e. The van der Waals surface area contributed by atoms with Crippen LogP contribution in [0.3, 0.4) is 0 Å². The second-order valence-corrected chi connectivity index (χ2v) is 13.4. The van der Waals surface area contributed by atoms with E-state index in [0.29, 0.717) is 16.7 Å². The zero-order chi connectivity index (χ0) is 25.6. The van der Waals surface area contributed by atoms with Gasteiger partial charge in [-0.05, 0) is 115 Å². The maximum atomic E-state index is 10.3. The van der Waals surface area contributed by atoms with E-state index >= 15 is 0 Å². The number of hydrogen-bond donors (Lipinski definition) is 1.